The Morgan fingerprint density at radius 3 is 2.52 bits per heavy atom. The Morgan fingerprint density at radius 1 is 1.10 bits per heavy atom. The van der Waals surface area contributed by atoms with Gasteiger partial charge < -0.3 is 14.7 Å². The van der Waals surface area contributed by atoms with Crippen molar-refractivity contribution in [3.63, 3.8) is 0 Å². The summed E-state index contributed by atoms with van der Waals surface area (Å²) < 4.78 is 10.7. The van der Waals surface area contributed by atoms with Crippen LogP contribution in [0.2, 0.25) is 0 Å². The van der Waals surface area contributed by atoms with Crippen LogP contribution in [0.1, 0.15) is 37.2 Å². The van der Waals surface area contributed by atoms with Gasteiger partial charge in [0.2, 0.25) is 0 Å². The quantitative estimate of drug-likeness (QED) is 0.927. The molecule has 5 heteroatoms. The van der Waals surface area contributed by atoms with Gasteiger partial charge in [0.05, 0.1) is 14.2 Å². The molecule has 1 aliphatic carbocycles. The standard InChI is InChI=1S/C16H23NO3.ClH/c1-19-15-8-7-11(9-16(15)20-2)13-10-17(18)14-6-4-3-5-12(13)14;/h7-9,12-14,18H,3-6,10H2,1-2H3;1H. The third-order valence-corrected chi connectivity index (χ3v) is 4.90. The minimum absolute atomic E-state index is 0. The van der Waals surface area contributed by atoms with E-state index in [4.69, 9.17) is 9.47 Å². The van der Waals surface area contributed by atoms with Gasteiger partial charge in [-0.2, -0.15) is 5.06 Å². The summed E-state index contributed by atoms with van der Waals surface area (Å²) in [6, 6.07) is 6.47. The molecule has 0 bridgehead atoms. The Balaban J connectivity index is 0.00000161. The van der Waals surface area contributed by atoms with E-state index < -0.39 is 0 Å². The van der Waals surface area contributed by atoms with Crippen LogP contribution in [0.15, 0.2) is 18.2 Å². The Morgan fingerprint density at radius 2 is 1.81 bits per heavy atom. The molecule has 3 unspecified atom stereocenters. The predicted molar refractivity (Wildman–Crippen MR) is 83.8 cm³/mol. The number of rotatable bonds is 3. The fourth-order valence-electron chi connectivity index (χ4n) is 3.89. The molecule has 1 saturated carbocycles. The van der Waals surface area contributed by atoms with Gasteiger partial charge in [0, 0.05) is 18.5 Å². The first-order chi connectivity index (χ1) is 9.74. The van der Waals surface area contributed by atoms with Crippen LogP contribution in [0.25, 0.3) is 0 Å². The van der Waals surface area contributed by atoms with Crippen molar-refractivity contribution in [2.45, 2.75) is 37.6 Å². The zero-order valence-electron chi connectivity index (χ0n) is 12.6. The summed E-state index contributed by atoms with van der Waals surface area (Å²) in [6.07, 6.45) is 4.83. The molecule has 3 atom stereocenters. The monoisotopic (exact) mass is 313 g/mol. The van der Waals surface area contributed by atoms with Crippen LogP contribution in [0.5, 0.6) is 11.5 Å². The average Bonchev–Trinajstić information content (AvgIpc) is 2.84. The molecule has 1 saturated heterocycles. The number of halogens is 1. The zero-order chi connectivity index (χ0) is 14.1. The van der Waals surface area contributed by atoms with Crippen LogP contribution in [-0.2, 0) is 0 Å². The second kappa shape index (κ2) is 6.86. The molecule has 0 radical (unpaired) electrons. The van der Waals surface area contributed by atoms with E-state index in [-0.39, 0.29) is 12.4 Å². The molecule has 0 aromatic heterocycles. The smallest absolute Gasteiger partial charge is 0.160 e. The van der Waals surface area contributed by atoms with Gasteiger partial charge in [0.15, 0.2) is 11.5 Å². The average molecular weight is 314 g/mol. The number of hydroxylamine groups is 2. The van der Waals surface area contributed by atoms with Gasteiger partial charge in [-0.15, -0.1) is 12.4 Å². The molecule has 3 rings (SSSR count). The molecule has 0 spiro atoms. The van der Waals surface area contributed by atoms with Gasteiger partial charge in [-0.1, -0.05) is 18.9 Å². The molecule has 118 valence electrons. The van der Waals surface area contributed by atoms with Crippen LogP contribution in [0.4, 0.5) is 0 Å². The van der Waals surface area contributed by atoms with Gasteiger partial charge in [-0.25, -0.2) is 0 Å². The number of hydrogen-bond acceptors (Lipinski definition) is 4. The van der Waals surface area contributed by atoms with E-state index in [2.05, 4.69) is 12.1 Å². The highest BCUT2D eigenvalue weighted by atomic mass is 35.5. The van der Waals surface area contributed by atoms with Crippen molar-refractivity contribution < 1.29 is 14.7 Å². The Bertz CT molecular complexity index is 483. The molecule has 21 heavy (non-hydrogen) atoms. The summed E-state index contributed by atoms with van der Waals surface area (Å²) in [5.41, 5.74) is 1.25. The highest BCUT2D eigenvalue weighted by Gasteiger charge is 2.43. The van der Waals surface area contributed by atoms with Crippen LogP contribution in [0, 0.1) is 5.92 Å². The summed E-state index contributed by atoms with van der Waals surface area (Å²) in [5, 5.41) is 11.7. The SMILES string of the molecule is COc1ccc(C2CN(O)C3CCCCC23)cc1OC.Cl. The van der Waals surface area contributed by atoms with Crippen LogP contribution in [0.3, 0.4) is 0 Å². The maximum Gasteiger partial charge on any atom is 0.160 e. The summed E-state index contributed by atoms with van der Waals surface area (Å²) in [6.45, 7) is 0.727. The van der Waals surface area contributed by atoms with E-state index in [9.17, 15) is 5.21 Å². The summed E-state index contributed by atoms with van der Waals surface area (Å²) in [7, 11) is 3.32. The number of fused-ring (bicyclic) bond motifs is 1. The number of benzene rings is 1. The molecule has 1 aromatic rings. The van der Waals surface area contributed by atoms with E-state index in [0.29, 0.717) is 17.9 Å². The molecule has 4 nitrogen and oxygen atoms in total. The maximum absolute atomic E-state index is 10.2. The minimum atomic E-state index is 0. The highest BCUT2D eigenvalue weighted by Crippen LogP contribution is 2.45. The van der Waals surface area contributed by atoms with E-state index >= 15 is 0 Å². The van der Waals surface area contributed by atoms with Crippen molar-refractivity contribution in [1.29, 1.82) is 0 Å². The molecular formula is C16H24ClNO3. The summed E-state index contributed by atoms with van der Waals surface area (Å²) in [4.78, 5) is 0. The molecule has 1 aromatic carbocycles. The lowest BCUT2D eigenvalue weighted by Gasteiger charge is -2.30. The second-order valence-corrected chi connectivity index (χ2v) is 5.86. The zero-order valence-corrected chi connectivity index (χ0v) is 13.4. The Labute approximate surface area is 132 Å². The second-order valence-electron chi connectivity index (χ2n) is 5.86. The van der Waals surface area contributed by atoms with E-state index in [1.165, 1.54) is 24.8 Å². The van der Waals surface area contributed by atoms with Crippen molar-refractivity contribution in [3.05, 3.63) is 23.8 Å². The van der Waals surface area contributed by atoms with E-state index in [0.717, 1.165) is 24.5 Å². The number of hydrogen-bond donors (Lipinski definition) is 1. The fourth-order valence-corrected chi connectivity index (χ4v) is 3.89. The number of ether oxygens (including phenoxy) is 2. The molecule has 1 heterocycles. The fraction of sp³-hybridized carbons (Fsp3) is 0.625. The van der Waals surface area contributed by atoms with Gasteiger partial charge in [-0.3, -0.25) is 0 Å². The van der Waals surface area contributed by atoms with Crippen molar-refractivity contribution in [1.82, 2.24) is 5.06 Å². The summed E-state index contributed by atoms with van der Waals surface area (Å²) >= 11 is 0. The van der Waals surface area contributed by atoms with Crippen molar-refractivity contribution in [3.8, 4) is 11.5 Å². The first kappa shape index (κ1) is 16.4. The first-order valence-electron chi connectivity index (χ1n) is 7.42. The molecular weight excluding hydrogens is 290 g/mol. The van der Waals surface area contributed by atoms with Crippen LogP contribution in [-0.4, -0.2) is 37.1 Å². The van der Waals surface area contributed by atoms with Gasteiger partial charge in [-0.05, 0) is 36.5 Å². The van der Waals surface area contributed by atoms with Crippen LogP contribution >= 0.6 is 12.4 Å². The van der Waals surface area contributed by atoms with Gasteiger partial charge in [0.1, 0.15) is 0 Å². The lowest BCUT2D eigenvalue weighted by Crippen LogP contribution is -2.32. The van der Waals surface area contributed by atoms with Gasteiger partial charge >= 0.3 is 0 Å². The van der Waals surface area contributed by atoms with Crippen LogP contribution < -0.4 is 9.47 Å². The third-order valence-electron chi connectivity index (χ3n) is 4.90. The Kier molecular flexibility index (Phi) is 5.36. The third kappa shape index (κ3) is 2.98. The van der Waals surface area contributed by atoms with Crippen molar-refractivity contribution in [2.24, 2.45) is 5.92 Å². The van der Waals surface area contributed by atoms with E-state index in [1.807, 2.05) is 6.07 Å². The predicted octanol–water partition coefficient (Wildman–Crippen LogP) is 3.47. The Hall–Kier alpha value is -0.970. The summed E-state index contributed by atoms with van der Waals surface area (Å²) in [5.74, 6) is 2.49. The minimum Gasteiger partial charge on any atom is -0.493 e. The highest BCUT2D eigenvalue weighted by molar-refractivity contribution is 5.85. The van der Waals surface area contributed by atoms with Crippen molar-refractivity contribution >= 4 is 12.4 Å². The van der Waals surface area contributed by atoms with Gasteiger partial charge in [0.25, 0.3) is 0 Å². The van der Waals surface area contributed by atoms with E-state index in [1.54, 1.807) is 19.3 Å². The molecule has 1 aliphatic heterocycles. The first-order valence-corrected chi connectivity index (χ1v) is 7.42. The molecule has 0 amide bonds. The molecule has 2 fully saturated rings. The topological polar surface area (TPSA) is 41.9 Å². The normalized spacial score (nSPS) is 28.6. The number of nitrogens with zero attached hydrogens (tertiary/aromatic N) is 1. The molecule has 2 aliphatic rings. The lowest BCUT2D eigenvalue weighted by molar-refractivity contribution is -0.114. The molecule has 1 N–H and O–H groups in total. The maximum atomic E-state index is 10.2. The lowest BCUT2D eigenvalue weighted by atomic mass is 9.77. The van der Waals surface area contributed by atoms with Crippen molar-refractivity contribution in [2.75, 3.05) is 20.8 Å². The largest absolute Gasteiger partial charge is 0.493 e. The number of methoxy groups -OCH3 is 2.